The molecule has 0 saturated carbocycles. The fourth-order valence-electron chi connectivity index (χ4n) is 2.88. The Balaban J connectivity index is 1.82. The minimum Gasteiger partial charge on any atom is -0.333 e. The number of rotatable bonds is 5. The van der Waals surface area contributed by atoms with Gasteiger partial charge >= 0.3 is 0 Å². The predicted molar refractivity (Wildman–Crippen MR) is 100 cm³/mol. The van der Waals surface area contributed by atoms with E-state index in [1.165, 1.54) is 11.3 Å². The van der Waals surface area contributed by atoms with Gasteiger partial charge in [-0.25, -0.2) is 4.98 Å². The van der Waals surface area contributed by atoms with Crippen LogP contribution in [0.15, 0.2) is 23.6 Å². The maximum absolute atomic E-state index is 12.9. The maximum atomic E-state index is 12.9. The van der Waals surface area contributed by atoms with E-state index in [-0.39, 0.29) is 11.9 Å². The van der Waals surface area contributed by atoms with E-state index in [1.807, 2.05) is 16.3 Å². The number of carbonyl (C=O) groups excluding carboxylic acids is 1. The Morgan fingerprint density at radius 2 is 2.25 bits per heavy atom. The van der Waals surface area contributed by atoms with Crippen LogP contribution in [0, 0.1) is 0 Å². The van der Waals surface area contributed by atoms with Crippen LogP contribution in [0.4, 0.5) is 0 Å². The summed E-state index contributed by atoms with van der Waals surface area (Å²) in [5, 5.41) is 6.92. The number of carbonyl (C=O) groups is 1. The van der Waals surface area contributed by atoms with Gasteiger partial charge in [-0.2, -0.15) is 0 Å². The highest BCUT2D eigenvalue weighted by molar-refractivity contribution is 7.13. The highest BCUT2D eigenvalue weighted by atomic mass is 35.5. The van der Waals surface area contributed by atoms with Gasteiger partial charge in [-0.1, -0.05) is 36.2 Å². The number of nitrogens with zero attached hydrogens (tertiary/aromatic N) is 2. The van der Waals surface area contributed by atoms with Crippen molar-refractivity contribution in [3.05, 3.63) is 39.3 Å². The second-order valence-corrected chi connectivity index (χ2v) is 7.48. The minimum atomic E-state index is 0.00751. The van der Waals surface area contributed by atoms with Gasteiger partial charge in [0.1, 0.15) is 10.7 Å². The molecular weight excluding hydrogens is 365 g/mol. The Morgan fingerprint density at radius 1 is 1.42 bits per heavy atom. The van der Waals surface area contributed by atoms with Crippen molar-refractivity contribution in [3.63, 3.8) is 0 Å². The minimum absolute atomic E-state index is 0.00751. The first-order valence-electron chi connectivity index (χ1n) is 8.02. The lowest BCUT2D eigenvalue weighted by molar-refractivity contribution is 0.0687. The summed E-state index contributed by atoms with van der Waals surface area (Å²) in [6, 6.07) is 5.65. The number of thiazole rings is 1. The number of halogens is 2. The zero-order valence-electron chi connectivity index (χ0n) is 13.4. The zero-order chi connectivity index (χ0) is 17.1. The third kappa shape index (κ3) is 3.75. The molecule has 0 bridgehead atoms. The van der Waals surface area contributed by atoms with Crippen LogP contribution in [-0.2, 0) is 0 Å². The number of benzene rings is 1. The third-order valence-corrected chi connectivity index (χ3v) is 5.72. The van der Waals surface area contributed by atoms with Gasteiger partial charge in [0.25, 0.3) is 5.91 Å². The summed E-state index contributed by atoms with van der Waals surface area (Å²) in [7, 11) is 0. The van der Waals surface area contributed by atoms with Gasteiger partial charge in [0.15, 0.2) is 0 Å². The van der Waals surface area contributed by atoms with Crippen molar-refractivity contribution in [2.24, 2.45) is 0 Å². The number of hydrogen-bond donors (Lipinski definition) is 1. The Kier molecular flexibility index (Phi) is 5.76. The SMILES string of the molecule is CCCN(C(=O)c1csc(-c2ccc(Cl)c(Cl)c2)n1)C1CCNC1. The first kappa shape index (κ1) is 17.7. The second-order valence-electron chi connectivity index (χ2n) is 5.81. The maximum Gasteiger partial charge on any atom is 0.273 e. The molecule has 0 radical (unpaired) electrons. The van der Waals surface area contributed by atoms with Crippen molar-refractivity contribution in [2.75, 3.05) is 19.6 Å². The molecule has 24 heavy (non-hydrogen) atoms. The molecule has 0 aliphatic carbocycles. The Hall–Kier alpha value is -1.14. The predicted octanol–water partition coefficient (Wildman–Crippen LogP) is 4.33. The lowest BCUT2D eigenvalue weighted by Crippen LogP contribution is -2.42. The van der Waals surface area contributed by atoms with Gasteiger partial charge in [-0.15, -0.1) is 11.3 Å². The number of amides is 1. The molecule has 1 unspecified atom stereocenters. The van der Waals surface area contributed by atoms with Crippen molar-refractivity contribution in [2.45, 2.75) is 25.8 Å². The summed E-state index contributed by atoms with van der Waals surface area (Å²) < 4.78 is 0. The summed E-state index contributed by atoms with van der Waals surface area (Å²) in [6.07, 6.45) is 1.93. The second kappa shape index (κ2) is 7.83. The molecule has 128 valence electrons. The van der Waals surface area contributed by atoms with Crippen molar-refractivity contribution >= 4 is 40.4 Å². The van der Waals surface area contributed by atoms with Crippen LogP contribution in [0.1, 0.15) is 30.3 Å². The van der Waals surface area contributed by atoms with E-state index in [9.17, 15) is 4.79 Å². The highest BCUT2D eigenvalue weighted by Crippen LogP contribution is 2.30. The van der Waals surface area contributed by atoms with Gasteiger partial charge in [-0.3, -0.25) is 4.79 Å². The molecule has 0 spiro atoms. The monoisotopic (exact) mass is 383 g/mol. The molecule has 1 aromatic heterocycles. The third-order valence-electron chi connectivity index (χ3n) is 4.09. The van der Waals surface area contributed by atoms with E-state index in [0.29, 0.717) is 15.7 Å². The summed E-state index contributed by atoms with van der Waals surface area (Å²) in [5.41, 5.74) is 1.37. The molecule has 1 saturated heterocycles. The average Bonchev–Trinajstić information content (AvgIpc) is 3.26. The van der Waals surface area contributed by atoms with Crippen LogP contribution < -0.4 is 5.32 Å². The van der Waals surface area contributed by atoms with Crippen LogP contribution in [0.25, 0.3) is 10.6 Å². The van der Waals surface area contributed by atoms with Crippen molar-refractivity contribution in [1.82, 2.24) is 15.2 Å². The normalized spacial score (nSPS) is 17.2. The quantitative estimate of drug-likeness (QED) is 0.835. The van der Waals surface area contributed by atoms with Crippen molar-refractivity contribution in [3.8, 4) is 10.6 Å². The summed E-state index contributed by atoms with van der Waals surface area (Å²) in [6.45, 7) is 4.66. The Morgan fingerprint density at radius 3 is 2.92 bits per heavy atom. The standard InChI is InChI=1S/C17H19Cl2N3OS/c1-2-7-22(12-5-6-20-9-12)17(23)15-10-24-16(21-15)11-3-4-13(18)14(19)8-11/h3-4,8,10,12,20H,2,5-7,9H2,1H3. The first-order chi connectivity index (χ1) is 11.6. The zero-order valence-corrected chi connectivity index (χ0v) is 15.7. The lowest BCUT2D eigenvalue weighted by Gasteiger charge is -2.27. The van der Waals surface area contributed by atoms with E-state index >= 15 is 0 Å². The van der Waals surface area contributed by atoms with Gasteiger partial charge < -0.3 is 10.2 Å². The molecule has 1 N–H and O–H groups in total. The molecule has 2 heterocycles. The number of nitrogens with one attached hydrogen (secondary N) is 1. The fourth-order valence-corrected chi connectivity index (χ4v) is 3.97. The number of hydrogen-bond acceptors (Lipinski definition) is 4. The molecule has 1 fully saturated rings. The van der Waals surface area contributed by atoms with Gasteiger partial charge in [0.2, 0.25) is 0 Å². The van der Waals surface area contributed by atoms with Gasteiger partial charge in [0, 0.05) is 30.1 Å². The number of aromatic nitrogens is 1. The van der Waals surface area contributed by atoms with Crippen LogP contribution >= 0.6 is 34.5 Å². The van der Waals surface area contributed by atoms with E-state index in [2.05, 4.69) is 17.2 Å². The van der Waals surface area contributed by atoms with E-state index in [0.717, 1.165) is 43.0 Å². The van der Waals surface area contributed by atoms with Crippen LogP contribution in [0.5, 0.6) is 0 Å². The first-order valence-corrected chi connectivity index (χ1v) is 9.66. The highest BCUT2D eigenvalue weighted by Gasteiger charge is 2.28. The van der Waals surface area contributed by atoms with E-state index in [4.69, 9.17) is 23.2 Å². The van der Waals surface area contributed by atoms with Crippen LogP contribution in [-0.4, -0.2) is 41.5 Å². The van der Waals surface area contributed by atoms with Crippen molar-refractivity contribution in [1.29, 1.82) is 0 Å². The topological polar surface area (TPSA) is 45.2 Å². The smallest absolute Gasteiger partial charge is 0.273 e. The molecule has 1 atom stereocenters. The van der Waals surface area contributed by atoms with Crippen LogP contribution in [0.3, 0.4) is 0 Å². The van der Waals surface area contributed by atoms with E-state index in [1.54, 1.807) is 12.1 Å². The lowest BCUT2D eigenvalue weighted by atomic mass is 10.2. The fraction of sp³-hybridized carbons (Fsp3) is 0.412. The van der Waals surface area contributed by atoms with Gasteiger partial charge in [0.05, 0.1) is 10.0 Å². The Labute approximate surface area is 155 Å². The molecule has 3 rings (SSSR count). The molecule has 1 amide bonds. The molecule has 1 aliphatic heterocycles. The molecular formula is C17H19Cl2N3OS. The summed E-state index contributed by atoms with van der Waals surface area (Å²) >= 11 is 13.5. The van der Waals surface area contributed by atoms with Gasteiger partial charge in [-0.05, 0) is 31.5 Å². The van der Waals surface area contributed by atoms with Crippen LogP contribution in [0.2, 0.25) is 10.0 Å². The summed E-state index contributed by atoms with van der Waals surface area (Å²) in [5.74, 6) is 0.00751. The Bertz CT molecular complexity index is 728. The molecule has 1 aliphatic rings. The molecule has 1 aromatic carbocycles. The largest absolute Gasteiger partial charge is 0.333 e. The summed E-state index contributed by atoms with van der Waals surface area (Å²) in [4.78, 5) is 19.4. The molecule has 4 nitrogen and oxygen atoms in total. The molecule has 2 aromatic rings. The molecule has 7 heteroatoms. The average molecular weight is 384 g/mol. The van der Waals surface area contributed by atoms with E-state index < -0.39 is 0 Å². The van der Waals surface area contributed by atoms with Crippen molar-refractivity contribution < 1.29 is 4.79 Å².